The van der Waals surface area contributed by atoms with Crippen molar-refractivity contribution in [3.05, 3.63) is 58.9 Å². The van der Waals surface area contributed by atoms with Crippen molar-refractivity contribution in [2.75, 3.05) is 57.4 Å². The van der Waals surface area contributed by atoms with E-state index >= 15 is 0 Å². The number of hydrogen-bond donors (Lipinski definition) is 0. The largest absolute Gasteiger partial charge is 0.441 e. The summed E-state index contributed by atoms with van der Waals surface area (Å²) in [6, 6.07) is 12.0. The minimum atomic E-state index is -0.219. The highest BCUT2D eigenvalue weighted by Gasteiger charge is 2.30. The second-order valence-corrected chi connectivity index (χ2v) is 11.1. The molecule has 0 N–H and O–H groups in total. The lowest BCUT2D eigenvalue weighted by molar-refractivity contribution is -0.104. The second-order valence-electron chi connectivity index (χ2n) is 11.1. The lowest BCUT2D eigenvalue weighted by atomic mass is 9.89. The van der Waals surface area contributed by atoms with Crippen LogP contribution in [0.4, 0.5) is 10.5 Å². The van der Waals surface area contributed by atoms with Gasteiger partial charge in [0.1, 0.15) is 0 Å². The molecule has 1 aromatic heterocycles. The third-order valence-corrected chi connectivity index (χ3v) is 8.42. The Morgan fingerprint density at radius 1 is 1.05 bits per heavy atom. The summed E-state index contributed by atoms with van der Waals surface area (Å²) in [6.07, 6.45) is 7.38. The van der Waals surface area contributed by atoms with E-state index in [1.165, 1.54) is 53.9 Å². The maximum Gasteiger partial charge on any atom is 0.410 e. The average Bonchev–Trinajstić information content (AvgIpc) is 3.35. The van der Waals surface area contributed by atoms with Crippen LogP contribution in [0.3, 0.4) is 0 Å². The number of aromatic nitrogens is 1. The lowest BCUT2D eigenvalue weighted by Crippen LogP contribution is -2.51. The maximum atomic E-state index is 12.4. The molecule has 3 fully saturated rings. The van der Waals surface area contributed by atoms with Crippen molar-refractivity contribution in [1.29, 1.82) is 0 Å². The van der Waals surface area contributed by atoms with E-state index < -0.39 is 0 Å². The van der Waals surface area contributed by atoms with E-state index in [9.17, 15) is 4.79 Å². The Morgan fingerprint density at radius 2 is 1.84 bits per heavy atom. The molecule has 6 rings (SSSR count). The van der Waals surface area contributed by atoms with Crippen molar-refractivity contribution < 1.29 is 14.3 Å². The number of ether oxygens (including phenoxy) is 2. The van der Waals surface area contributed by atoms with Gasteiger partial charge >= 0.3 is 6.09 Å². The summed E-state index contributed by atoms with van der Waals surface area (Å²) in [6.45, 7) is 10.9. The number of piperazine rings is 1. The van der Waals surface area contributed by atoms with E-state index in [-0.39, 0.29) is 12.2 Å². The number of piperidine rings is 1. The van der Waals surface area contributed by atoms with Crippen LogP contribution in [0.15, 0.2) is 36.5 Å². The van der Waals surface area contributed by atoms with Gasteiger partial charge in [-0.3, -0.25) is 4.98 Å². The minimum absolute atomic E-state index is 0.0796. The van der Waals surface area contributed by atoms with Crippen molar-refractivity contribution in [2.45, 2.75) is 51.2 Å². The van der Waals surface area contributed by atoms with Crippen molar-refractivity contribution in [3.8, 4) is 0 Å². The van der Waals surface area contributed by atoms with E-state index in [2.05, 4.69) is 60.1 Å². The summed E-state index contributed by atoms with van der Waals surface area (Å²) < 4.78 is 10.6. The van der Waals surface area contributed by atoms with E-state index in [4.69, 9.17) is 14.5 Å². The van der Waals surface area contributed by atoms with Crippen LogP contribution < -0.4 is 4.90 Å². The fourth-order valence-electron chi connectivity index (χ4n) is 6.02. The fourth-order valence-corrected chi connectivity index (χ4v) is 6.02. The molecule has 0 saturated carbocycles. The molecule has 7 heteroatoms. The van der Waals surface area contributed by atoms with Crippen LogP contribution in [0.1, 0.15) is 55.0 Å². The number of fused-ring (bicyclic) bond motifs is 1. The summed E-state index contributed by atoms with van der Waals surface area (Å²) >= 11 is 0. The van der Waals surface area contributed by atoms with Crippen LogP contribution in [0, 0.1) is 0 Å². The fraction of sp³-hybridized carbons (Fsp3) is 0.533. The van der Waals surface area contributed by atoms with Gasteiger partial charge < -0.3 is 24.2 Å². The molecule has 3 aliphatic heterocycles. The van der Waals surface area contributed by atoms with Gasteiger partial charge in [0, 0.05) is 62.6 Å². The number of amides is 1. The Labute approximate surface area is 220 Å². The minimum Gasteiger partial charge on any atom is -0.441 e. The summed E-state index contributed by atoms with van der Waals surface area (Å²) in [5, 5.41) is 0. The van der Waals surface area contributed by atoms with E-state index in [1.54, 1.807) is 0 Å². The monoisotopic (exact) mass is 502 g/mol. The Kier molecular flexibility index (Phi) is 6.91. The molecule has 2 aromatic rings. The first-order valence-electron chi connectivity index (χ1n) is 13.9. The van der Waals surface area contributed by atoms with Crippen LogP contribution in [0.25, 0.3) is 11.6 Å². The zero-order valence-electron chi connectivity index (χ0n) is 22.1. The van der Waals surface area contributed by atoms with E-state index in [0.29, 0.717) is 38.3 Å². The summed E-state index contributed by atoms with van der Waals surface area (Å²) in [7, 11) is 0. The van der Waals surface area contributed by atoms with Crippen LogP contribution in [-0.2, 0) is 15.9 Å². The van der Waals surface area contributed by atoms with Gasteiger partial charge in [0.15, 0.2) is 6.10 Å². The first-order chi connectivity index (χ1) is 18.0. The number of carbonyl (C=O) groups excluding carboxylic acids is 1. The van der Waals surface area contributed by atoms with Gasteiger partial charge in [0.05, 0.1) is 18.9 Å². The number of anilines is 1. The van der Waals surface area contributed by atoms with Gasteiger partial charge in [-0.2, -0.15) is 0 Å². The summed E-state index contributed by atoms with van der Waals surface area (Å²) in [5.41, 5.74) is 7.67. The molecule has 0 radical (unpaired) electrons. The van der Waals surface area contributed by atoms with E-state index in [0.717, 1.165) is 25.2 Å². The van der Waals surface area contributed by atoms with Crippen LogP contribution in [-0.4, -0.2) is 85.5 Å². The number of rotatable bonds is 5. The molecule has 0 unspecified atom stereocenters. The Morgan fingerprint density at radius 3 is 2.54 bits per heavy atom. The van der Waals surface area contributed by atoms with Gasteiger partial charge in [-0.25, -0.2) is 4.79 Å². The molecule has 7 nitrogen and oxygen atoms in total. The van der Waals surface area contributed by atoms with Gasteiger partial charge in [-0.1, -0.05) is 24.3 Å². The molecule has 3 saturated heterocycles. The predicted octanol–water partition coefficient (Wildman–Crippen LogP) is 4.42. The molecule has 1 amide bonds. The standard InChI is InChI=1S/C30H38N4O3/c1-21(2)34-11-3-4-24(18-34)22-5-7-23(8-6-22)25-16-27-28(17-25)31-10-9-29(27)32-12-14-33(15-13-32)30(35)37-26-19-36-20-26/h5-10,16,21,24,26H,3-4,11-15,17-20H2,1-2H3/t24-/m0/s1. The predicted molar refractivity (Wildman–Crippen MR) is 146 cm³/mol. The Balaban J connectivity index is 1.12. The van der Waals surface area contributed by atoms with Crippen LogP contribution >= 0.6 is 0 Å². The van der Waals surface area contributed by atoms with Crippen LogP contribution in [0.5, 0.6) is 0 Å². The second kappa shape index (κ2) is 10.5. The maximum absolute atomic E-state index is 12.4. The first kappa shape index (κ1) is 24.4. The number of nitrogens with zero attached hydrogens (tertiary/aromatic N) is 4. The van der Waals surface area contributed by atoms with Gasteiger partial charge in [0.25, 0.3) is 0 Å². The molecular formula is C30H38N4O3. The summed E-state index contributed by atoms with van der Waals surface area (Å²) in [5.74, 6) is 0.631. The van der Waals surface area contributed by atoms with Gasteiger partial charge in [0.2, 0.25) is 0 Å². The molecule has 1 aromatic carbocycles. The molecule has 37 heavy (non-hydrogen) atoms. The van der Waals surface area contributed by atoms with Gasteiger partial charge in [-0.05, 0) is 68.0 Å². The molecule has 1 atom stereocenters. The highest BCUT2D eigenvalue weighted by atomic mass is 16.6. The zero-order chi connectivity index (χ0) is 25.4. The number of allylic oxidation sites excluding steroid dienone is 1. The van der Waals surface area contributed by atoms with Crippen molar-refractivity contribution >= 4 is 23.4 Å². The number of hydrogen-bond acceptors (Lipinski definition) is 6. The van der Waals surface area contributed by atoms with Gasteiger partial charge in [-0.15, -0.1) is 0 Å². The van der Waals surface area contributed by atoms with Crippen LogP contribution in [0.2, 0.25) is 0 Å². The highest BCUT2D eigenvalue weighted by Crippen LogP contribution is 2.37. The molecule has 196 valence electrons. The SMILES string of the molecule is CC(C)N1CCC[C@H](c2ccc(C3=Cc4c(N5CCN(C(=O)OC6COC6)CC5)ccnc4C3)cc2)C1. The van der Waals surface area contributed by atoms with Crippen molar-refractivity contribution in [2.24, 2.45) is 0 Å². The number of likely N-dealkylation sites (tertiary alicyclic amines) is 1. The third-order valence-electron chi connectivity index (χ3n) is 8.42. The molecule has 0 spiro atoms. The average molecular weight is 503 g/mol. The molecular weight excluding hydrogens is 464 g/mol. The third kappa shape index (κ3) is 5.12. The Hall–Kier alpha value is -2.90. The lowest BCUT2D eigenvalue weighted by Gasteiger charge is -2.37. The zero-order valence-corrected chi connectivity index (χ0v) is 22.1. The highest BCUT2D eigenvalue weighted by molar-refractivity contribution is 5.92. The summed E-state index contributed by atoms with van der Waals surface area (Å²) in [4.78, 5) is 23.9. The quantitative estimate of drug-likeness (QED) is 0.603. The Bertz CT molecular complexity index is 1150. The topological polar surface area (TPSA) is 58.1 Å². The molecule has 1 aliphatic carbocycles. The number of carbonyl (C=O) groups is 1. The normalized spacial score (nSPS) is 22.6. The van der Waals surface area contributed by atoms with Crippen molar-refractivity contribution in [1.82, 2.24) is 14.8 Å². The molecule has 4 heterocycles. The smallest absolute Gasteiger partial charge is 0.410 e. The number of benzene rings is 1. The first-order valence-corrected chi connectivity index (χ1v) is 13.9. The molecule has 0 bridgehead atoms. The van der Waals surface area contributed by atoms with E-state index in [1.807, 2.05) is 11.1 Å². The number of pyridine rings is 1. The molecule has 4 aliphatic rings. The van der Waals surface area contributed by atoms with Crippen molar-refractivity contribution in [3.63, 3.8) is 0 Å².